The first-order valence-corrected chi connectivity index (χ1v) is 14.8. The molecule has 4 bridgehead atoms. The van der Waals surface area contributed by atoms with E-state index in [1.807, 2.05) is 31.2 Å². The molecule has 4 saturated carbocycles. The maximum Gasteiger partial charge on any atom is 0.264 e. The van der Waals surface area contributed by atoms with Crippen molar-refractivity contribution in [3.63, 3.8) is 0 Å². The average Bonchev–Trinajstić information content (AvgIpc) is 3.21. The summed E-state index contributed by atoms with van der Waals surface area (Å²) in [7, 11) is -3.47. The summed E-state index contributed by atoms with van der Waals surface area (Å²) in [6.45, 7) is 3.21. The quantitative estimate of drug-likeness (QED) is 0.585. The Balaban J connectivity index is 1.19. The molecule has 1 aliphatic heterocycles. The van der Waals surface area contributed by atoms with Crippen LogP contribution in [0.4, 0.5) is 11.5 Å². The number of hydrogen-bond donors (Lipinski definition) is 1. The second kappa shape index (κ2) is 8.44. The third-order valence-corrected chi connectivity index (χ3v) is 9.43. The molecular weight excluding hydrogens is 462 g/mol. The zero-order valence-electron chi connectivity index (χ0n) is 20.6. The maximum absolute atomic E-state index is 13.3. The van der Waals surface area contributed by atoms with Crippen LogP contribution in [0.5, 0.6) is 0 Å². The summed E-state index contributed by atoms with van der Waals surface area (Å²) in [5.74, 6) is 3.44. The summed E-state index contributed by atoms with van der Waals surface area (Å²) in [4.78, 5) is 20.2. The van der Waals surface area contributed by atoms with Gasteiger partial charge < -0.3 is 10.2 Å². The fourth-order valence-corrected chi connectivity index (χ4v) is 8.59. The SMILES string of the molecule is Cc1ccc2nc(N3CCC(OS(C)(=O)=O)C3)ccc2c1NC(=O)CC12CC3CC(CC(C3)C1)C2. The van der Waals surface area contributed by atoms with Crippen molar-refractivity contribution in [3.05, 3.63) is 29.8 Å². The number of hydrogen-bond acceptors (Lipinski definition) is 6. The highest BCUT2D eigenvalue weighted by molar-refractivity contribution is 7.86. The van der Waals surface area contributed by atoms with Crippen molar-refractivity contribution in [3.8, 4) is 0 Å². The van der Waals surface area contributed by atoms with Crippen molar-refractivity contribution in [2.45, 2.75) is 64.4 Å². The van der Waals surface area contributed by atoms with Crippen molar-refractivity contribution in [2.75, 3.05) is 29.6 Å². The van der Waals surface area contributed by atoms with Crippen molar-refractivity contribution in [1.29, 1.82) is 0 Å². The number of anilines is 2. The first-order chi connectivity index (χ1) is 16.6. The molecule has 7 rings (SSSR count). The topological polar surface area (TPSA) is 88.6 Å². The van der Waals surface area contributed by atoms with Crippen LogP contribution in [0.2, 0.25) is 0 Å². The Hall–Kier alpha value is -2.19. The van der Waals surface area contributed by atoms with Gasteiger partial charge in [0, 0.05) is 24.9 Å². The van der Waals surface area contributed by atoms with Crippen molar-refractivity contribution in [2.24, 2.45) is 23.2 Å². The van der Waals surface area contributed by atoms with Crippen LogP contribution in [0.1, 0.15) is 56.9 Å². The normalized spacial score (nSPS) is 31.9. The van der Waals surface area contributed by atoms with E-state index in [1.54, 1.807) is 0 Å². The molecule has 1 N–H and O–H groups in total. The summed E-state index contributed by atoms with van der Waals surface area (Å²) in [5, 5.41) is 4.21. The lowest BCUT2D eigenvalue weighted by atomic mass is 9.49. The summed E-state index contributed by atoms with van der Waals surface area (Å²) in [5.41, 5.74) is 2.93. The Labute approximate surface area is 207 Å². The Bertz CT molecular complexity index is 1240. The van der Waals surface area contributed by atoms with Crippen LogP contribution < -0.4 is 10.2 Å². The smallest absolute Gasteiger partial charge is 0.264 e. The number of amides is 1. The Kier molecular flexibility index (Phi) is 5.60. The van der Waals surface area contributed by atoms with Gasteiger partial charge in [-0.3, -0.25) is 8.98 Å². The molecule has 0 radical (unpaired) electrons. The van der Waals surface area contributed by atoms with Gasteiger partial charge in [0.15, 0.2) is 0 Å². The monoisotopic (exact) mass is 497 g/mol. The minimum absolute atomic E-state index is 0.131. The van der Waals surface area contributed by atoms with E-state index in [0.29, 0.717) is 25.9 Å². The molecule has 35 heavy (non-hydrogen) atoms. The Morgan fingerprint density at radius 1 is 1.11 bits per heavy atom. The molecule has 7 nitrogen and oxygen atoms in total. The molecule has 1 unspecified atom stereocenters. The third kappa shape index (κ3) is 4.67. The van der Waals surface area contributed by atoms with Gasteiger partial charge in [0.1, 0.15) is 5.82 Å². The molecule has 1 aromatic heterocycles. The third-order valence-electron chi connectivity index (χ3n) is 8.81. The van der Waals surface area contributed by atoms with Crippen molar-refractivity contribution >= 4 is 38.4 Å². The summed E-state index contributed by atoms with van der Waals surface area (Å²) in [6.07, 6.45) is 9.86. The van der Waals surface area contributed by atoms with Gasteiger partial charge in [-0.25, -0.2) is 4.98 Å². The number of rotatable bonds is 6. The number of carbonyl (C=O) groups excluding carboxylic acids is 1. The molecule has 4 aliphatic carbocycles. The van der Waals surface area contributed by atoms with E-state index in [1.165, 1.54) is 38.5 Å². The number of benzene rings is 1. The van der Waals surface area contributed by atoms with Crippen LogP contribution in [0.3, 0.4) is 0 Å². The second-order valence-electron chi connectivity index (χ2n) is 11.8. The van der Waals surface area contributed by atoms with E-state index in [2.05, 4.69) is 10.2 Å². The highest BCUT2D eigenvalue weighted by Gasteiger charge is 2.51. The number of aryl methyl sites for hydroxylation is 1. The highest BCUT2D eigenvalue weighted by atomic mass is 32.2. The lowest BCUT2D eigenvalue weighted by Gasteiger charge is -2.56. The van der Waals surface area contributed by atoms with Gasteiger partial charge >= 0.3 is 0 Å². The first kappa shape index (κ1) is 23.2. The van der Waals surface area contributed by atoms with Gasteiger partial charge in [0.2, 0.25) is 5.91 Å². The van der Waals surface area contributed by atoms with Crippen LogP contribution in [0, 0.1) is 30.1 Å². The minimum atomic E-state index is -3.47. The van der Waals surface area contributed by atoms with Crippen LogP contribution in [-0.4, -0.2) is 44.8 Å². The molecule has 8 heteroatoms. The lowest BCUT2D eigenvalue weighted by molar-refractivity contribution is -0.124. The molecule has 5 fully saturated rings. The van der Waals surface area contributed by atoms with Crippen molar-refractivity contribution < 1.29 is 17.4 Å². The molecule has 1 amide bonds. The fourth-order valence-electron chi connectivity index (χ4n) is 7.94. The Morgan fingerprint density at radius 2 is 1.80 bits per heavy atom. The number of nitrogens with zero attached hydrogens (tertiary/aromatic N) is 2. The van der Waals surface area contributed by atoms with E-state index in [0.717, 1.165) is 52.0 Å². The molecule has 1 saturated heterocycles. The average molecular weight is 498 g/mol. The largest absolute Gasteiger partial charge is 0.354 e. The molecule has 0 spiro atoms. The van der Waals surface area contributed by atoms with E-state index in [9.17, 15) is 13.2 Å². The molecule has 1 atom stereocenters. The van der Waals surface area contributed by atoms with Gasteiger partial charge in [-0.15, -0.1) is 0 Å². The summed E-state index contributed by atoms with van der Waals surface area (Å²) < 4.78 is 28.1. The predicted octanol–water partition coefficient (Wildman–Crippen LogP) is 4.64. The van der Waals surface area contributed by atoms with E-state index < -0.39 is 10.1 Å². The van der Waals surface area contributed by atoms with Crippen molar-refractivity contribution in [1.82, 2.24) is 4.98 Å². The van der Waals surface area contributed by atoms with E-state index in [4.69, 9.17) is 9.17 Å². The number of carbonyl (C=O) groups is 1. The molecule has 2 heterocycles. The van der Waals surface area contributed by atoms with Gasteiger partial charge in [-0.05, 0) is 98.8 Å². The van der Waals surface area contributed by atoms with Gasteiger partial charge in [-0.2, -0.15) is 8.42 Å². The van der Waals surface area contributed by atoms with E-state index in [-0.39, 0.29) is 17.4 Å². The number of fused-ring (bicyclic) bond motifs is 1. The predicted molar refractivity (Wildman–Crippen MR) is 137 cm³/mol. The molecule has 188 valence electrons. The van der Waals surface area contributed by atoms with Gasteiger partial charge in [0.05, 0.1) is 23.6 Å². The number of aromatic nitrogens is 1. The zero-order chi connectivity index (χ0) is 24.4. The molecule has 1 aromatic carbocycles. The van der Waals surface area contributed by atoms with Crippen LogP contribution in [0.25, 0.3) is 10.9 Å². The minimum Gasteiger partial charge on any atom is -0.354 e. The molecular formula is C27H35N3O4S. The van der Waals surface area contributed by atoms with Gasteiger partial charge in [-0.1, -0.05) is 6.07 Å². The van der Waals surface area contributed by atoms with Crippen LogP contribution >= 0.6 is 0 Å². The molecule has 2 aromatic rings. The molecule has 5 aliphatic rings. The fraction of sp³-hybridized carbons (Fsp3) is 0.630. The first-order valence-electron chi connectivity index (χ1n) is 13.0. The van der Waals surface area contributed by atoms with Crippen LogP contribution in [-0.2, 0) is 19.1 Å². The second-order valence-corrected chi connectivity index (χ2v) is 13.4. The standard InChI is InChI=1S/C27H35N3O4S/c1-17-3-5-23-22(4-6-24(28-23)30-8-7-21(16-30)34-35(2,32)33)26(17)29-25(31)15-27-12-18-9-19(13-27)11-20(10-18)14-27/h3-6,18-21H,7-16H2,1-2H3,(H,29,31). The van der Waals surface area contributed by atoms with Crippen LogP contribution in [0.15, 0.2) is 24.3 Å². The Morgan fingerprint density at radius 3 is 2.46 bits per heavy atom. The highest BCUT2D eigenvalue weighted by Crippen LogP contribution is 2.61. The number of nitrogens with one attached hydrogen (secondary N) is 1. The number of pyridine rings is 1. The van der Waals surface area contributed by atoms with E-state index >= 15 is 0 Å². The lowest BCUT2D eigenvalue weighted by Crippen LogP contribution is -2.47. The summed E-state index contributed by atoms with van der Waals surface area (Å²) in [6, 6.07) is 7.98. The summed E-state index contributed by atoms with van der Waals surface area (Å²) >= 11 is 0. The van der Waals surface area contributed by atoms with Gasteiger partial charge in [0.25, 0.3) is 10.1 Å². The maximum atomic E-state index is 13.3. The zero-order valence-corrected chi connectivity index (χ0v) is 21.4.